The van der Waals surface area contributed by atoms with Crippen molar-refractivity contribution in [2.24, 2.45) is 23.7 Å². The van der Waals surface area contributed by atoms with Gasteiger partial charge in [0, 0.05) is 51.0 Å². The van der Waals surface area contributed by atoms with Gasteiger partial charge in [-0.05, 0) is 60.2 Å². The number of hydrogen-bond acceptors (Lipinski definition) is 14. The smallest absolute Gasteiger partial charge is 0.535 e. The monoisotopic (exact) mass is 587 g/mol. The number of piperidine rings is 2. The molecule has 2 saturated carbocycles. The summed E-state index contributed by atoms with van der Waals surface area (Å²) in [4.78, 5) is 37.2. The highest BCUT2D eigenvalue weighted by Crippen LogP contribution is 2.46. The van der Waals surface area contributed by atoms with Gasteiger partial charge in [-0.3, -0.25) is 0 Å². The lowest BCUT2D eigenvalue weighted by Crippen LogP contribution is -2.23. The zero-order valence-electron chi connectivity index (χ0n) is 22.6. The molecule has 0 spiro atoms. The van der Waals surface area contributed by atoms with E-state index in [1.807, 2.05) is 0 Å². The second-order valence-electron chi connectivity index (χ2n) is 10.6. The van der Waals surface area contributed by atoms with Crippen molar-refractivity contribution in [3.8, 4) is 17.1 Å². The SMILES string of the molecule is Nc1ccnc(-c2cnc(N3CC4CC4C3)nc2)n1.Nc1ccnc(Cl)n1.O[B]Oc1cnc(N2CC3CC3C2)nc1. The van der Waals surface area contributed by atoms with Crippen LogP contribution in [0.1, 0.15) is 12.8 Å². The van der Waals surface area contributed by atoms with Crippen molar-refractivity contribution >= 4 is 42.8 Å². The molecule has 8 rings (SSSR count). The third-order valence-corrected chi connectivity index (χ3v) is 7.73. The average Bonchev–Trinajstić information content (AvgIpc) is 3.84. The first kappa shape index (κ1) is 27.8. The fraction of sp³-hybridized carbons (Fsp3) is 0.385. The molecule has 14 nitrogen and oxygen atoms in total. The standard InChI is InChI=1S/C13H14N6.C9H11BN3O2.C4H4ClN3/c14-11-1-2-15-12(18-11)10-4-16-13(17-5-10)19-6-8-3-9(8)7-19;14-10-15-8-2-11-9(12-3-8)13-4-6-1-7(6)5-13;5-4-7-2-1-3(6)8-4/h1-2,4-5,8-9H,3,6-7H2,(H2,14,15,18);2-3,6-7,14H,1,4-5H2;1-2H,(H2,6,7,8). The third-order valence-electron chi connectivity index (χ3n) is 7.55. The van der Waals surface area contributed by atoms with E-state index in [0.717, 1.165) is 67.3 Å². The van der Waals surface area contributed by atoms with Crippen LogP contribution in [0.3, 0.4) is 0 Å². The summed E-state index contributed by atoms with van der Waals surface area (Å²) in [6, 6.07) is 3.24. The van der Waals surface area contributed by atoms with Crippen LogP contribution in [-0.4, -0.2) is 78.8 Å². The molecule has 4 aliphatic rings. The van der Waals surface area contributed by atoms with Gasteiger partial charge in [-0.1, -0.05) is 0 Å². The molecule has 2 aliphatic carbocycles. The van der Waals surface area contributed by atoms with Crippen LogP contribution < -0.4 is 25.9 Å². The largest absolute Gasteiger partial charge is 0.569 e. The molecule has 4 atom stereocenters. The molecule has 2 aliphatic heterocycles. The Balaban J connectivity index is 0.000000122. The Labute approximate surface area is 247 Å². The maximum Gasteiger partial charge on any atom is 0.569 e. The van der Waals surface area contributed by atoms with Gasteiger partial charge in [0.25, 0.3) is 0 Å². The van der Waals surface area contributed by atoms with E-state index in [-0.39, 0.29) is 5.28 Å². The van der Waals surface area contributed by atoms with Gasteiger partial charge in [-0.2, -0.15) is 0 Å². The van der Waals surface area contributed by atoms with Crippen molar-refractivity contribution in [1.29, 1.82) is 0 Å². The maximum atomic E-state index is 8.43. The number of anilines is 4. The van der Waals surface area contributed by atoms with E-state index in [9.17, 15) is 0 Å². The summed E-state index contributed by atoms with van der Waals surface area (Å²) in [6.07, 6.45) is 12.6. The van der Waals surface area contributed by atoms with E-state index in [1.54, 1.807) is 43.1 Å². The zero-order chi connectivity index (χ0) is 29.1. The minimum Gasteiger partial charge on any atom is -0.535 e. The van der Waals surface area contributed by atoms with Crippen LogP contribution in [-0.2, 0) is 0 Å². The van der Waals surface area contributed by atoms with Gasteiger partial charge in [-0.25, -0.2) is 39.9 Å². The lowest BCUT2D eigenvalue weighted by atomic mass is 10.3. The van der Waals surface area contributed by atoms with Gasteiger partial charge in [0.15, 0.2) is 5.82 Å². The summed E-state index contributed by atoms with van der Waals surface area (Å²) >= 11 is 5.34. The first-order chi connectivity index (χ1) is 20.4. The summed E-state index contributed by atoms with van der Waals surface area (Å²) in [5, 5.41) is 8.61. The summed E-state index contributed by atoms with van der Waals surface area (Å²) in [7, 11) is 0.628. The first-order valence-corrected chi connectivity index (χ1v) is 13.9. The van der Waals surface area contributed by atoms with E-state index in [0.29, 0.717) is 30.9 Å². The Hall–Kier alpha value is -4.37. The Morgan fingerprint density at radius 2 is 1.24 bits per heavy atom. The Kier molecular flexibility index (Phi) is 8.10. The molecule has 1 radical (unpaired) electrons. The van der Waals surface area contributed by atoms with E-state index < -0.39 is 0 Å². The number of nitrogen functional groups attached to an aromatic ring is 2. The molecule has 4 aromatic heterocycles. The molecule has 42 heavy (non-hydrogen) atoms. The predicted molar refractivity (Wildman–Crippen MR) is 157 cm³/mol. The molecule has 16 heteroatoms. The summed E-state index contributed by atoms with van der Waals surface area (Å²) in [5.74, 6) is 6.92. The number of nitrogens with zero attached hydrogens (tertiary/aromatic N) is 10. The van der Waals surface area contributed by atoms with Gasteiger partial charge >= 0.3 is 7.69 Å². The average molecular weight is 588 g/mol. The van der Waals surface area contributed by atoms with Crippen molar-refractivity contribution in [3.63, 3.8) is 0 Å². The van der Waals surface area contributed by atoms with Gasteiger partial charge < -0.3 is 30.9 Å². The van der Waals surface area contributed by atoms with Crippen molar-refractivity contribution in [2.75, 3.05) is 47.4 Å². The van der Waals surface area contributed by atoms with Crippen LogP contribution in [0.2, 0.25) is 5.28 Å². The lowest BCUT2D eigenvalue weighted by molar-refractivity contribution is 0.451. The van der Waals surface area contributed by atoms with Crippen molar-refractivity contribution < 1.29 is 9.68 Å². The number of fused-ring (bicyclic) bond motifs is 2. The van der Waals surface area contributed by atoms with Crippen molar-refractivity contribution in [1.82, 2.24) is 39.9 Å². The Bertz CT molecular complexity index is 1460. The Morgan fingerprint density at radius 1 is 0.738 bits per heavy atom. The highest BCUT2D eigenvalue weighted by Gasteiger charge is 2.46. The number of halogens is 1. The summed E-state index contributed by atoms with van der Waals surface area (Å²) in [6.45, 7) is 4.35. The normalized spacial score (nSPS) is 22.5. The van der Waals surface area contributed by atoms with Gasteiger partial charge in [-0.15, -0.1) is 0 Å². The van der Waals surface area contributed by atoms with Crippen LogP contribution in [0.5, 0.6) is 5.75 Å². The van der Waals surface area contributed by atoms with Gasteiger partial charge in [0.05, 0.1) is 18.0 Å². The maximum absolute atomic E-state index is 8.43. The molecule has 6 heterocycles. The van der Waals surface area contributed by atoms with Crippen molar-refractivity contribution in [3.05, 3.63) is 54.6 Å². The molecular formula is C26H29BClN12O2. The van der Waals surface area contributed by atoms with Crippen LogP contribution in [0, 0.1) is 23.7 Å². The lowest BCUT2D eigenvalue weighted by Gasteiger charge is -2.17. The summed E-state index contributed by atoms with van der Waals surface area (Å²) in [5.41, 5.74) is 11.7. The molecule has 5 N–H and O–H groups in total. The predicted octanol–water partition coefficient (Wildman–Crippen LogP) is 1.52. The minimum atomic E-state index is 0.185. The number of aromatic nitrogens is 8. The molecule has 4 aromatic rings. The third kappa shape index (κ3) is 6.91. The number of nitrogens with two attached hydrogens (primary N) is 2. The minimum absolute atomic E-state index is 0.185. The first-order valence-electron chi connectivity index (χ1n) is 13.5. The second kappa shape index (κ2) is 12.2. The van der Waals surface area contributed by atoms with E-state index in [2.05, 4.69) is 49.7 Å². The topological polar surface area (TPSA) is 191 Å². The fourth-order valence-corrected chi connectivity index (χ4v) is 5.33. The van der Waals surface area contributed by atoms with Crippen LogP contribution in [0.4, 0.5) is 23.5 Å². The molecule has 0 aromatic carbocycles. The van der Waals surface area contributed by atoms with Gasteiger partial charge in [0.2, 0.25) is 17.2 Å². The van der Waals surface area contributed by atoms with Crippen molar-refractivity contribution in [2.45, 2.75) is 12.8 Å². The van der Waals surface area contributed by atoms with Crippen LogP contribution in [0.15, 0.2) is 49.3 Å². The molecule has 0 amide bonds. The zero-order valence-corrected chi connectivity index (χ0v) is 23.4. The van der Waals surface area contributed by atoms with E-state index >= 15 is 0 Å². The fourth-order valence-electron chi connectivity index (χ4n) is 5.18. The highest BCUT2D eigenvalue weighted by molar-refractivity contribution is 6.28. The molecular weight excluding hydrogens is 559 g/mol. The molecule has 4 unspecified atom stereocenters. The quantitative estimate of drug-likeness (QED) is 0.225. The van der Waals surface area contributed by atoms with E-state index in [4.69, 9.17) is 32.7 Å². The number of hydrogen-bond donors (Lipinski definition) is 3. The molecule has 2 saturated heterocycles. The molecule has 215 valence electrons. The summed E-state index contributed by atoms with van der Waals surface area (Å²) < 4.78 is 4.74. The number of rotatable bonds is 5. The second-order valence-corrected chi connectivity index (χ2v) is 10.9. The highest BCUT2D eigenvalue weighted by atomic mass is 35.5. The molecule has 0 bridgehead atoms. The Morgan fingerprint density at radius 3 is 1.69 bits per heavy atom. The van der Waals surface area contributed by atoms with Gasteiger partial charge in [0.1, 0.15) is 17.4 Å². The van der Waals surface area contributed by atoms with E-state index in [1.165, 1.54) is 19.0 Å². The van der Waals surface area contributed by atoms with Crippen LogP contribution in [0.25, 0.3) is 11.4 Å². The molecule has 4 fully saturated rings. The van der Waals surface area contributed by atoms with Crippen LogP contribution >= 0.6 is 11.6 Å².